The highest BCUT2D eigenvalue weighted by Crippen LogP contribution is 2.31. The van der Waals surface area contributed by atoms with Crippen LogP contribution in [0.2, 0.25) is 5.02 Å². The standard InChI is InChI=1S/C13H7ClINS/c14-10-1-6-13(9(7-10)8-16)17-12-4-2-11(15)3-5-12/h1-7H. The van der Waals surface area contributed by atoms with Gasteiger partial charge in [-0.15, -0.1) is 0 Å². The predicted octanol–water partition coefficient (Wildman–Crippen LogP) is 4.97. The van der Waals surface area contributed by atoms with Crippen molar-refractivity contribution in [3.05, 3.63) is 56.6 Å². The molecule has 0 atom stereocenters. The van der Waals surface area contributed by atoms with Crippen molar-refractivity contribution < 1.29 is 0 Å². The van der Waals surface area contributed by atoms with E-state index in [1.165, 1.54) is 3.57 Å². The lowest BCUT2D eigenvalue weighted by molar-refractivity contribution is 1.35. The molecule has 0 radical (unpaired) electrons. The van der Waals surface area contributed by atoms with Gasteiger partial charge < -0.3 is 0 Å². The maximum absolute atomic E-state index is 9.04. The molecule has 17 heavy (non-hydrogen) atoms. The van der Waals surface area contributed by atoms with E-state index < -0.39 is 0 Å². The van der Waals surface area contributed by atoms with Crippen molar-refractivity contribution in [2.75, 3.05) is 0 Å². The minimum atomic E-state index is 0.591. The van der Waals surface area contributed by atoms with Gasteiger partial charge in [-0.1, -0.05) is 23.4 Å². The van der Waals surface area contributed by atoms with Gasteiger partial charge >= 0.3 is 0 Å². The third kappa shape index (κ3) is 3.38. The SMILES string of the molecule is N#Cc1cc(Cl)ccc1Sc1ccc(I)cc1. The molecular formula is C13H7ClINS. The maximum atomic E-state index is 9.04. The normalized spacial score (nSPS) is 9.94. The van der Waals surface area contributed by atoms with Crippen molar-refractivity contribution in [2.45, 2.75) is 9.79 Å². The molecule has 4 heteroatoms. The second-order valence-corrected chi connectivity index (χ2v) is 6.11. The molecule has 0 amide bonds. The van der Waals surface area contributed by atoms with Crippen molar-refractivity contribution in [3.8, 4) is 6.07 Å². The minimum Gasteiger partial charge on any atom is -0.192 e. The molecule has 0 bridgehead atoms. The van der Waals surface area contributed by atoms with Crippen molar-refractivity contribution in [1.82, 2.24) is 0 Å². The Hall–Kier alpha value is -0.700. The molecule has 0 fully saturated rings. The molecule has 0 saturated carbocycles. The first kappa shape index (κ1) is 12.7. The molecule has 0 aliphatic carbocycles. The smallest absolute Gasteiger partial charge is 0.100 e. The summed E-state index contributed by atoms with van der Waals surface area (Å²) in [6.45, 7) is 0. The van der Waals surface area contributed by atoms with E-state index in [9.17, 15) is 0 Å². The number of benzene rings is 2. The Balaban J connectivity index is 2.30. The van der Waals surface area contributed by atoms with Gasteiger partial charge in [-0.25, -0.2) is 0 Å². The van der Waals surface area contributed by atoms with Crippen LogP contribution in [0.1, 0.15) is 5.56 Å². The Morgan fingerprint density at radius 1 is 1.12 bits per heavy atom. The second kappa shape index (κ2) is 5.76. The Morgan fingerprint density at radius 2 is 1.82 bits per heavy atom. The summed E-state index contributed by atoms with van der Waals surface area (Å²) < 4.78 is 1.20. The van der Waals surface area contributed by atoms with Crippen molar-refractivity contribution in [2.24, 2.45) is 0 Å². The number of halogens is 2. The highest BCUT2D eigenvalue weighted by molar-refractivity contribution is 14.1. The zero-order valence-electron chi connectivity index (χ0n) is 8.65. The van der Waals surface area contributed by atoms with Crippen LogP contribution in [0.25, 0.3) is 0 Å². The second-order valence-electron chi connectivity index (χ2n) is 3.31. The van der Waals surface area contributed by atoms with Gasteiger partial charge in [-0.3, -0.25) is 0 Å². The van der Waals surface area contributed by atoms with E-state index in [0.29, 0.717) is 10.6 Å². The average Bonchev–Trinajstić information content (AvgIpc) is 2.34. The van der Waals surface area contributed by atoms with Gasteiger partial charge in [0.25, 0.3) is 0 Å². The summed E-state index contributed by atoms with van der Waals surface area (Å²) in [6.07, 6.45) is 0. The summed E-state index contributed by atoms with van der Waals surface area (Å²) in [5, 5.41) is 9.63. The molecule has 2 rings (SSSR count). The first-order valence-electron chi connectivity index (χ1n) is 4.82. The number of rotatable bonds is 2. The lowest BCUT2D eigenvalue weighted by atomic mass is 10.2. The number of hydrogen-bond donors (Lipinski definition) is 0. The monoisotopic (exact) mass is 371 g/mol. The van der Waals surface area contributed by atoms with Gasteiger partial charge in [0.15, 0.2) is 0 Å². The first-order valence-corrected chi connectivity index (χ1v) is 7.09. The van der Waals surface area contributed by atoms with Gasteiger partial charge in [0, 0.05) is 18.4 Å². The molecular weight excluding hydrogens is 365 g/mol. The molecule has 0 heterocycles. The zero-order valence-corrected chi connectivity index (χ0v) is 12.4. The number of nitrogens with zero attached hydrogens (tertiary/aromatic N) is 1. The van der Waals surface area contributed by atoms with Crippen LogP contribution in [0, 0.1) is 14.9 Å². The third-order valence-corrected chi connectivity index (χ3v) is 4.14. The molecule has 2 aromatic rings. The largest absolute Gasteiger partial charge is 0.192 e. The van der Waals surface area contributed by atoms with Crippen molar-refractivity contribution in [3.63, 3.8) is 0 Å². The summed E-state index contributed by atoms with van der Waals surface area (Å²) in [4.78, 5) is 2.04. The third-order valence-electron chi connectivity index (χ3n) is 2.10. The minimum absolute atomic E-state index is 0.591. The average molecular weight is 372 g/mol. The van der Waals surface area contributed by atoms with Crippen LogP contribution >= 0.6 is 46.0 Å². The van der Waals surface area contributed by atoms with E-state index in [-0.39, 0.29) is 0 Å². The lowest BCUT2D eigenvalue weighted by Crippen LogP contribution is -1.81. The summed E-state index contributed by atoms with van der Waals surface area (Å²) in [5.74, 6) is 0. The Labute approximate surface area is 123 Å². The maximum Gasteiger partial charge on any atom is 0.100 e. The fourth-order valence-corrected chi connectivity index (χ4v) is 2.72. The summed E-state index contributed by atoms with van der Waals surface area (Å²) in [7, 11) is 0. The molecule has 1 nitrogen and oxygen atoms in total. The van der Waals surface area contributed by atoms with Gasteiger partial charge in [-0.05, 0) is 65.1 Å². The summed E-state index contributed by atoms with van der Waals surface area (Å²) in [5.41, 5.74) is 0.612. The molecule has 0 N–H and O–H groups in total. The molecule has 84 valence electrons. The Morgan fingerprint density at radius 3 is 2.47 bits per heavy atom. The fraction of sp³-hybridized carbons (Fsp3) is 0. The van der Waals surface area contributed by atoms with E-state index >= 15 is 0 Å². The van der Waals surface area contributed by atoms with Crippen molar-refractivity contribution in [1.29, 1.82) is 5.26 Å². The van der Waals surface area contributed by atoms with Crippen LogP contribution in [0.4, 0.5) is 0 Å². The quantitative estimate of drug-likeness (QED) is 0.696. The number of nitriles is 1. The zero-order chi connectivity index (χ0) is 12.3. The van der Waals surface area contributed by atoms with Gasteiger partial charge in [0.05, 0.1) is 5.56 Å². The molecule has 0 aliphatic rings. The van der Waals surface area contributed by atoms with Gasteiger partial charge in [0.2, 0.25) is 0 Å². The highest BCUT2D eigenvalue weighted by atomic mass is 127. The van der Waals surface area contributed by atoms with Gasteiger partial charge in [0.1, 0.15) is 6.07 Å². The molecule has 2 aromatic carbocycles. The van der Waals surface area contributed by atoms with E-state index in [2.05, 4.69) is 28.7 Å². The van der Waals surface area contributed by atoms with Crippen LogP contribution in [0.3, 0.4) is 0 Å². The highest BCUT2D eigenvalue weighted by Gasteiger charge is 2.04. The van der Waals surface area contributed by atoms with Crippen LogP contribution in [0.5, 0.6) is 0 Å². The van der Waals surface area contributed by atoms with E-state index in [1.54, 1.807) is 23.9 Å². The van der Waals surface area contributed by atoms with E-state index in [1.807, 2.05) is 30.3 Å². The van der Waals surface area contributed by atoms with Gasteiger partial charge in [-0.2, -0.15) is 5.26 Å². The number of hydrogen-bond acceptors (Lipinski definition) is 2. The molecule has 0 unspecified atom stereocenters. The molecule has 0 saturated heterocycles. The Bertz CT molecular complexity index is 575. The Kier molecular flexibility index (Phi) is 4.32. The van der Waals surface area contributed by atoms with Crippen LogP contribution < -0.4 is 0 Å². The van der Waals surface area contributed by atoms with Crippen LogP contribution in [0.15, 0.2) is 52.3 Å². The lowest BCUT2D eigenvalue weighted by Gasteiger charge is -2.04. The van der Waals surface area contributed by atoms with Crippen LogP contribution in [-0.4, -0.2) is 0 Å². The van der Waals surface area contributed by atoms with Crippen LogP contribution in [-0.2, 0) is 0 Å². The first-order chi connectivity index (χ1) is 8.19. The summed E-state index contributed by atoms with van der Waals surface area (Å²) in [6, 6.07) is 15.7. The molecule has 0 aliphatic heterocycles. The molecule has 0 aromatic heterocycles. The summed E-state index contributed by atoms with van der Waals surface area (Å²) >= 11 is 9.70. The predicted molar refractivity (Wildman–Crippen MR) is 79.4 cm³/mol. The van der Waals surface area contributed by atoms with E-state index in [0.717, 1.165) is 9.79 Å². The fourth-order valence-electron chi connectivity index (χ4n) is 1.31. The van der Waals surface area contributed by atoms with E-state index in [4.69, 9.17) is 16.9 Å². The topological polar surface area (TPSA) is 23.8 Å². The molecule has 0 spiro atoms. The van der Waals surface area contributed by atoms with Crippen molar-refractivity contribution >= 4 is 46.0 Å².